The normalized spacial score (nSPS) is 24.9. The predicted molar refractivity (Wildman–Crippen MR) is 49.9 cm³/mol. The molecule has 3 nitrogen and oxygen atoms in total. The summed E-state index contributed by atoms with van der Waals surface area (Å²) < 4.78 is 0.877. The third-order valence-electron chi connectivity index (χ3n) is 1.87. The van der Waals surface area contributed by atoms with Crippen LogP contribution in [0.15, 0.2) is 10.4 Å². The first-order chi connectivity index (χ1) is 5.11. The largest absolute Gasteiger partial charge is 0.383 e. The fourth-order valence-electron chi connectivity index (χ4n) is 0.991. The van der Waals surface area contributed by atoms with Crippen molar-refractivity contribution in [3.05, 3.63) is 10.4 Å². The number of nitrogens with two attached hydrogens (primary N) is 1. The summed E-state index contributed by atoms with van der Waals surface area (Å²) in [6.45, 7) is 5.26. The van der Waals surface area contributed by atoms with Gasteiger partial charge in [-0.05, 0) is 21.8 Å². The van der Waals surface area contributed by atoms with Gasteiger partial charge in [0.15, 0.2) is 0 Å². The van der Waals surface area contributed by atoms with Crippen LogP contribution in [0.4, 0.5) is 0 Å². The topological polar surface area (TPSA) is 50.1 Å². The molecule has 1 unspecified atom stereocenters. The molecule has 64 valence electrons. The summed E-state index contributed by atoms with van der Waals surface area (Å²) in [5.74, 6) is 1.31. The molecule has 4 N–H and O–H groups in total. The lowest BCUT2D eigenvalue weighted by Gasteiger charge is -2.29. The molecule has 0 bridgehead atoms. The highest BCUT2D eigenvalue weighted by Gasteiger charge is 2.18. The van der Waals surface area contributed by atoms with Crippen molar-refractivity contribution in [1.82, 2.24) is 10.6 Å². The van der Waals surface area contributed by atoms with Crippen molar-refractivity contribution in [2.24, 2.45) is 11.7 Å². The van der Waals surface area contributed by atoms with Crippen molar-refractivity contribution < 1.29 is 0 Å². The van der Waals surface area contributed by atoms with Crippen LogP contribution in [0.2, 0.25) is 0 Å². The summed E-state index contributed by atoms with van der Waals surface area (Å²) in [6.07, 6.45) is 0. The van der Waals surface area contributed by atoms with Gasteiger partial charge >= 0.3 is 0 Å². The van der Waals surface area contributed by atoms with E-state index in [2.05, 4.69) is 40.4 Å². The van der Waals surface area contributed by atoms with E-state index in [0.29, 0.717) is 17.8 Å². The Morgan fingerprint density at radius 3 is 2.73 bits per heavy atom. The molecule has 0 aliphatic carbocycles. The smallest absolute Gasteiger partial charge is 0.127 e. The molecule has 0 saturated heterocycles. The van der Waals surface area contributed by atoms with Gasteiger partial charge in [-0.15, -0.1) is 0 Å². The van der Waals surface area contributed by atoms with E-state index >= 15 is 0 Å². The highest BCUT2D eigenvalue weighted by Crippen LogP contribution is 2.12. The number of halogens is 1. The molecule has 0 spiro atoms. The fraction of sp³-hybridized carbons (Fsp3) is 0.714. The Morgan fingerprint density at radius 1 is 1.64 bits per heavy atom. The van der Waals surface area contributed by atoms with Gasteiger partial charge in [0.05, 0.1) is 0 Å². The van der Waals surface area contributed by atoms with Gasteiger partial charge in [-0.1, -0.05) is 13.8 Å². The molecule has 0 fully saturated rings. The average Bonchev–Trinajstić information content (AvgIpc) is 1.94. The predicted octanol–water partition coefficient (Wildman–Crippen LogP) is 0.684. The lowest BCUT2D eigenvalue weighted by molar-refractivity contribution is 0.404. The summed E-state index contributed by atoms with van der Waals surface area (Å²) in [5, 5.41) is 6.39. The van der Waals surface area contributed by atoms with Crippen LogP contribution >= 0.6 is 15.9 Å². The maximum Gasteiger partial charge on any atom is 0.127 e. The molecule has 0 saturated carbocycles. The van der Waals surface area contributed by atoms with E-state index in [0.717, 1.165) is 11.2 Å². The van der Waals surface area contributed by atoms with E-state index < -0.39 is 0 Å². The molecule has 0 aromatic carbocycles. The van der Waals surface area contributed by atoms with E-state index in [1.165, 1.54) is 0 Å². The van der Waals surface area contributed by atoms with Crippen LogP contribution in [0, 0.1) is 5.92 Å². The molecule has 1 heterocycles. The molecule has 1 atom stereocenters. The van der Waals surface area contributed by atoms with E-state index in [1.807, 2.05) is 0 Å². The monoisotopic (exact) mass is 219 g/mol. The van der Waals surface area contributed by atoms with Crippen molar-refractivity contribution in [2.45, 2.75) is 19.9 Å². The van der Waals surface area contributed by atoms with Crippen LogP contribution in [0.1, 0.15) is 13.8 Å². The third-order valence-corrected chi connectivity index (χ3v) is 2.52. The van der Waals surface area contributed by atoms with E-state index in [1.54, 1.807) is 0 Å². The number of nitrogens with one attached hydrogen (secondary N) is 2. The summed E-state index contributed by atoms with van der Waals surface area (Å²) >= 11 is 3.34. The quantitative estimate of drug-likeness (QED) is 0.569. The summed E-state index contributed by atoms with van der Waals surface area (Å²) in [7, 11) is 0. The number of hydrogen-bond donors (Lipinski definition) is 3. The maximum atomic E-state index is 5.60. The van der Waals surface area contributed by atoms with Crippen molar-refractivity contribution >= 4 is 15.9 Å². The molecule has 0 radical (unpaired) electrons. The zero-order valence-electron chi connectivity index (χ0n) is 6.82. The maximum absolute atomic E-state index is 5.60. The lowest BCUT2D eigenvalue weighted by Crippen LogP contribution is -2.47. The Balaban J connectivity index is 2.57. The zero-order chi connectivity index (χ0) is 8.43. The molecule has 1 rings (SSSR count). The van der Waals surface area contributed by atoms with Crippen LogP contribution < -0.4 is 16.4 Å². The molecule has 4 heteroatoms. The molecule has 1 aliphatic rings. The Morgan fingerprint density at radius 2 is 2.27 bits per heavy atom. The Labute approximate surface area is 75.5 Å². The molecule has 11 heavy (non-hydrogen) atoms. The van der Waals surface area contributed by atoms with Gasteiger partial charge in [-0.2, -0.15) is 0 Å². The molecular weight excluding hydrogens is 206 g/mol. The van der Waals surface area contributed by atoms with E-state index in [9.17, 15) is 0 Å². The van der Waals surface area contributed by atoms with Gasteiger partial charge in [0.1, 0.15) is 10.4 Å². The van der Waals surface area contributed by atoms with Gasteiger partial charge in [0.2, 0.25) is 0 Å². The minimum absolute atomic E-state index is 0.469. The van der Waals surface area contributed by atoms with E-state index in [-0.39, 0.29) is 0 Å². The molecule has 1 aliphatic heterocycles. The number of rotatable bonds is 1. The first-order valence-electron chi connectivity index (χ1n) is 3.77. The lowest BCUT2D eigenvalue weighted by atomic mass is 10.0. The Hall–Kier alpha value is -0.380. The molecule has 0 aromatic heterocycles. The third kappa shape index (κ3) is 2.02. The van der Waals surface area contributed by atoms with Crippen LogP contribution in [-0.4, -0.2) is 12.6 Å². The Kier molecular flexibility index (Phi) is 2.65. The number of hydrogen-bond acceptors (Lipinski definition) is 3. The van der Waals surface area contributed by atoms with Crippen LogP contribution in [0.3, 0.4) is 0 Å². The fourth-order valence-corrected chi connectivity index (χ4v) is 1.43. The van der Waals surface area contributed by atoms with Crippen LogP contribution in [-0.2, 0) is 0 Å². The first kappa shape index (κ1) is 8.71. The van der Waals surface area contributed by atoms with Gasteiger partial charge in [-0.25, -0.2) is 0 Å². The second-order valence-corrected chi connectivity index (χ2v) is 3.90. The minimum atomic E-state index is 0.469. The minimum Gasteiger partial charge on any atom is -0.383 e. The van der Waals surface area contributed by atoms with Gasteiger partial charge < -0.3 is 16.4 Å². The standard InChI is InChI=1S/C7H14BrN3/c1-4(2)5-3-10-7(9)6(8)11-5/h4-5,10-11H,3,9H2,1-2H3. The van der Waals surface area contributed by atoms with Crippen molar-refractivity contribution in [1.29, 1.82) is 0 Å². The average molecular weight is 220 g/mol. The van der Waals surface area contributed by atoms with Crippen molar-refractivity contribution in [3.8, 4) is 0 Å². The second kappa shape index (κ2) is 3.34. The molecular formula is C7H14BrN3. The summed E-state index contributed by atoms with van der Waals surface area (Å²) in [4.78, 5) is 0. The van der Waals surface area contributed by atoms with Crippen molar-refractivity contribution in [3.63, 3.8) is 0 Å². The zero-order valence-corrected chi connectivity index (χ0v) is 8.40. The Bertz CT molecular complexity index is 177. The van der Waals surface area contributed by atoms with Crippen LogP contribution in [0.5, 0.6) is 0 Å². The van der Waals surface area contributed by atoms with Crippen molar-refractivity contribution in [2.75, 3.05) is 6.54 Å². The highest BCUT2D eigenvalue weighted by atomic mass is 79.9. The van der Waals surface area contributed by atoms with Gasteiger partial charge in [0.25, 0.3) is 0 Å². The van der Waals surface area contributed by atoms with Crippen LogP contribution in [0.25, 0.3) is 0 Å². The SMILES string of the molecule is CC(C)C1CNC(N)=C(Br)N1. The summed E-state index contributed by atoms with van der Waals surface area (Å²) in [5.41, 5.74) is 5.60. The first-order valence-corrected chi connectivity index (χ1v) is 4.56. The van der Waals surface area contributed by atoms with Gasteiger partial charge in [0, 0.05) is 12.6 Å². The highest BCUT2D eigenvalue weighted by molar-refractivity contribution is 9.11. The van der Waals surface area contributed by atoms with Gasteiger partial charge in [-0.3, -0.25) is 0 Å². The summed E-state index contributed by atoms with van der Waals surface area (Å²) in [6, 6.07) is 0.469. The molecule has 0 aromatic rings. The van der Waals surface area contributed by atoms with E-state index in [4.69, 9.17) is 5.73 Å². The molecule has 0 amide bonds. The second-order valence-electron chi connectivity index (χ2n) is 3.10.